The summed E-state index contributed by atoms with van der Waals surface area (Å²) in [5.41, 5.74) is -0.144. The molecule has 0 bridgehead atoms. The van der Waals surface area contributed by atoms with Crippen molar-refractivity contribution >= 4 is 8.60 Å². The minimum Gasteiger partial charge on any atom is -0.427 e. The Balaban J connectivity index is 0.000000357. The summed E-state index contributed by atoms with van der Waals surface area (Å²) < 4.78 is 10.6. The van der Waals surface area contributed by atoms with Gasteiger partial charge in [0.05, 0.1) is 5.60 Å². The number of benzene rings is 1. The van der Waals surface area contributed by atoms with Crippen molar-refractivity contribution in [3.05, 3.63) is 36.2 Å². The second-order valence-corrected chi connectivity index (χ2v) is 6.02. The number of rotatable bonds is 4. The van der Waals surface area contributed by atoms with Crippen LogP contribution < -0.4 is 4.52 Å². The average Bonchev–Trinajstić information content (AvgIpc) is 2.96. The lowest BCUT2D eigenvalue weighted by molar-refractivity contribution is 0.171. The molecule has 1 aromatic carbocycles. The Morgan fingerprint density at radius 3 is 2.11 bits per heavy atom. The molecule has 1 saturated carbocycles. The van der Waals surface area contributed by atoms with Gasteiger partial charge in [-0.1, -0.05) is 39.0 Å². The van der Waals surface area contributed by atoms with E-state index < -0.39 is 8.60 Å². The first-order chi connectivity index (χ1) is 8.41. The molecule has 1 aromatic rings. The molecule has 0 saturated heterocycles. The molecule has 3 nitrogen and oxygen atoms in total. The lowest BCUT2D eigenvalue weighted by Gasteiger charge is -2.15. The first-order valence-corrected chi connectivity index (χ1v) is 7.22. The third kappa shape index (κ3) is 6.95. The fraction of sp³-hybridized carbons (Fsp3) is 0.500. The van der Waals surface area contributed by atoms with E-state index in [9.17, 15) is 4.89 Å². The zero-order valence-electron chi connectivity index (χ0n) is 11.5. The summed E-state index contributed by atoms with van der Waals surface area (Å²) >= 11 is 0. The van der Waals surface area contributed by atoms with Gasteiger partial charge in [0.2, 0.25) is 0 Å². The molecule has 1 unspecified atom stereocenters. The summed E-state index contributed by atoms with van der Waals surface area (Å²) in [4.78, 5) is 9.50. The Morgan fingerprint density at radius 2 is 1.67 bits per heavy atom. The molecule has 0 aromatic heterocycles. The molecular formula is C14H22O3P. The molecule has 101 valence electrons. The van der Waals surface area contributed by atoms with E-state index in [4.69, 9.17) is 9.05 Å². The van der Waals surface area contributed by atoms with Gasteiger partial charge in [-0.25, -0.2) is 0 Å². The second kappa shape index (κ2) is 7.08. The van der Waals surface area contributed by atoms with Gasteiger partial charge in [-0.15, -0.1) is 0 Å². The van der Waals surface area contributed by atoms with E-state index in [2.05, 4.69) is 20.8 Å². The molecule has 2 rings (SSSR count). The average molecular weight is 269 g/mol. The van der Waals surface area contributed by atoms with Gasteiger partial charge >= 0.3 is 8.60 Å². The highest BCUT2D eigenvalue weighted by Crippen LogP contribution is 2.49. The summed E-state index contributed by atoms with van der Waals surface area (Å²) in [5, 5.41) is 0. The van der Waals surface area contributed by atoms with Crippen molar-refractivity contribution < 1.29 is 13.9 Å². The first-order valence-electron chi connectivity index (χ1n) is 6.09. The van der Waals surface area contributed by atoms with Crippen LogP contribution in [0, 0.1) is 5.92 Å². The van der Waals surface area contributed by atoms with Crippen LogP contribution in [0.2, 0.25) is 0 Å². The number of para-hydroxylation sites is 1. The van der Waals surface area contributed by atoms with Crippen LogP contribution in [0.1, 0.15) is 40.5 Å². The van der Waals surface area contributed by atoms with Crippen LogP contribution in [-0.4, -0.2) is 10.5 Å². The van der Waals surface area contributed by atoms with Crippen molar-refractivity contribution in [2.45, 2.75) is 46.1 Å². The summed E-state index contributed by atoms with van der Waals surface area (Å²) in [6, 6.07) is 9.21. The maximum atomic E-state index is 9.50. The van der Waals surface area contributed by atoms with Crippen molar-refractivity contribution in [2.75, 3.05) is 0 Å². The summed E-state index contributed by atoms with van der Waals surface area (Å²) in [5.74, 6) is 2.06. The summed E-state index contributed by atoms with van der Waals surface area (Å²) in [7, 11) is -1.78. The van der Waals surface area contributed by atoms with Crippen LogP contribution in [0.5, 0.6) is 5.75 Å². The minimum atomic E-state index is -1.78. The molecule has 1 fully saturated rings. The molecule has 4 heteroatoms. The Morgan fingerprint density at radius 1 is 1.17 bits per heavy atom. The van der Waals surface area contributed by atoms with Crippen LogP contribution in [0.25, 0.3) is 0 Å². The normalized spacial score (nSPS) is 17.7. The van der Waals surface area contributed by atoms with E-state index in [1.165, 1.54) is 5.92 Å². The Bertz CT molecular complexity index is 333. The minimum absolute atomic E-state index is 0.144. The molecule has 1 radical (unpaired) electrons. The van der Waals surface area contributed by atoms with Crippen molar-refractivity contribution in [2.24, 2.45) is 0 Å². The highest BCUT2D eigenvalue weighted by atomic mass is 31.2. The predicted octanol–water partition coefficient (Wildman–Crippen LogP) is 4.47. The van der Waals surface area contributed by atoms with Gasteiger partial charge in [0.25, 0.3) is 0 Å². The fourth-order valence-electron chi connectivity index (χ4n) is 1.05. The molecule has 1 aliphatic rings. The SMILES string of the molecule is CC1(OP(O)Oc2ccccc2)CC1.C[C](C)C. The van der Waals surface area contributed by atoms with E-state index in [1.807, 2.05) is 25.1 Å². The molecule has 0 heterocycles. The summed E-state index contributed by atoms with van der Waals surface area (Å²) in [6.07, 6.45) is 2.01. The van der Waals surface area contributed by atoms with E-state index in [1.54, 1.807) is 12.1 Å². The lowest BCUT2D eigenvalue weighted by Crippen LogP contribution is -2.06. The molecule has 0 amide bonds. The van der Waals surface area contributed by atoms with Crippen molar-refractivity contribution in [3.8, 4) is 5.75 Å². The van der Waals surface area contributed by atoms with Crippen LogP contribution in [0.4, 0.5) is 0 Å². The van der Waals surface area contributed by atoms with E-state index in [-0.39, 0.29) is 5.60 Å². The highest BCUT2D eigenvalue weighted by molar-refractivity contribution is 7.41. The third-order valence-corrected chi connectivity index (χ3v) is 3.14. The lowest BCUT2D eigenvalue weighted by atomic mass is 10.3. The molecular weight excluding hydrogens is 247 g/mol. The van der Waals surface area contributed by atoms with Gasteiger partial charge in [-0.3, -0.25) is 4.52 Å². The molecule has 1 atom stereocenters. The quantitative estimate of drug-likeness (QED) is 0.819. The smallest absolute Gasteiger partial charge is 0.394 e. The van der Waals surface area contributed by atoms with Gasteiger partial charge in [0, 0.05) is 0 Å². The zero-order chi connectivity index (χ0) is 13.6. The van der Waals surface area contributed by atoms with Gasteiger partial charge in [-0.05, 0) is 37.8 Å². The zero-order valence-corrected chi connectivity index (χ0v) is 12.4. The Kier molecular flexibility index (Phi) is 6.07. The number of hydrogen-bond acceptors (Lipinski definition) is 3. The Labute approximate surface area is 111 Å². The van der Waals surface area contributed by atoms with E-state index in [0.29, 0.717) is 5.75 Å². The van der Waals surface area contributed by atoms with E-state index in [0.717, 1.165) is 12.8 Å². The molecule has 1 N–H and O–H groups in total. The predicted molar refractivity (Wildman–Crippen MR) is 75.2 cm³/mol. The maximum absolute atomic E-state index is 9.50. The van der Waals surface area contributed by atoms with Crippen molar-refractivity contribution in [1.82, 2.24) is 0 Å². The standard InChI is InChI=1S/C10H13O3P.C4H9/c1-10(7-8-10)13-14(11)12-9-5-3-2-4-6-9;1-4(2)3/h2-6,11H,7-8H2,1H3;1-3H3. The monoisotopic (exact) mass is 269 g/mol. The molecule has 18 heavy (non-hydrogen) atoms. The van der Waals surface area contributed by atoms with Crippen LogP contribution in [-0.2, 0) is 4.52 Å². The van der Waals surface area contributed by atoms with Crippen LogP contribution >= 0.6 is 8.60 Å². The van der Waals surface area contributed by atoms with Crippen LogP contribution in [0.15, 0.2) is 30.3 Å². The third-order valence-electron chi connectivity index (χ3n) is 2.18. The van der Waals surface area contributed by atoms with E-state index >= 15 is 0 Å². The first kappa shape index (κ1) is 15.4. The molecule has 0 spiro atoms. The van der Waals surface area contributed by atoms with Gasteiger partial charge < -0.3 is 9.42 Å². The fourth-order valence-corrected chi connectivity index (χ4v) is 1.94. The highest BCUT2D eigenvalue weighted by Gasteiger charge is 2.42. The van der Waals surface area contributed by atoms with Gasteiger partial charge in [0.1, 0.15) is 5.75 Å². The maximum Gasteiger partial charge on any atom is 0.394 e. The van der Waals surface area contributed by atoms with Gasteiger partial charge in [0.15, 0.2) is 0 Å². The topological polar surface area (TPSA) is 38.7 Å². The summed E-state index contributed by atoms with van der Waals surface area (Å²) in [6.45, 7) is 8.23. The van der Waals surface area contributed by atoms with Gasteiger partial charge in [-0.2, -0.15) is 0 Å². The molecule has 0 aliphatic heterocycles. The largest absolute Gasteiger partial charge is 0.427 e. The van der Waals surface area contributed by atoms with Crippen LogP contribution in [0.3, 0.4) is 0 Å². The van der Waals surface area contributed by atoms with Crippen molar-refractivity contribution in [3.63, 3.8) is 0 Å². The number of hydrogen-bond donors (Lipinski definition) is 1. The Hall–Kier alpha value is -0.630. The van der Waals surface area contributed by atoms with Crippen molar-refractivity contribution in [1.29, 1.82) is 0 Å². The second-order valence-electron chi connectivity index (χ2n) is 5.18. The molecule has 1 aliphatic carbocycles.